The SMILES string of the molecule is CC.CC.CC.CC1(C)c2c(c3ccccc3c3ccccc23)-c2c1c1ccccc1c1ccccc21. The van der Waals surface area contributed by atoms with Crippen LogP contribution in [0.15, 0.2) is 97.1 Å². The first-order valence-electron chi connectivity index (χ1n) is 14.1. The van der Waals surface area contributed by atoms with Crippen molar-refractivity contribution in [1.29, 1.82) is 0 Å². The van der Waals surface area contributed by atoms with Gasteiger partial charge in [-0.05, 0) is 65.3 Å². The molecule has 0 heterocycles. The summed E-state index contributed by atoms with van der Waals surface area (Å²) in [6.45, 7) is 16.8. The van der Waals surface area contributed by atoms with Crippen LogP contribution >= 0.6 is 0 Å². The second-order valence-corrected chi connectivity index (χ2v) is 9.31. The molecule has 0 saturated carbocycles. The van der Waals surface area contributed by atoms with Crippen LogP contribution in [0.1, 0.15) is 66.5 Å². The molecule has 0 heteroatoms. The van der Waals surface area contributed by atoms with Crippen molar-refractivity contribution < 1.29 is 0 Å². The van der Waals surface area contributed by atoms with Crippen molar-refractivity contribution in [3.05, 3.63) is 108 Å². The van der Waals surface area contributed by atoms with Crippen LogP contribution in [0.3, 0.4) is 0 Å². The summed E-state index contributed by atoms with van der Waals surface area (Å²) < 4.78 is 0. The van der Waals surface area contributed by atoms with Crippen molar-refractivity contribution in [2.45, 2.75) is 60.8 Å². The Kier molecular flexibility index (Phi) is 7.69. The van der Waals surface area contributed by atoms with Crippen molar-refractivity contribution in [3.8, 4) is 11.1 Å². The van der Waals surface area contributed by atoms with E-state index < -0.39 is 0 Å². The van der Waals surface area contributed by atoms with E-state index in [-0.39, 0.29) is 5.41 Å². The molecule has 0 nitrogen and oxygen atoms in total. The van der Waals surface area contributed by atoms with Crippen LogP contribution in [0.25, 0.3) is 54.2 Å². The van der Waals surface area contributed by atoms with Gasteiger partial charge in [-0.2, -0.15) is 0 Å². The van der Waals surface area contributed by atoms with Crippen LogP contribution in [-0.4, -0.2) is 0 Å². The summed E-state index contributed by atoms with van der Waals surface area (Å²) in [7, 11) is 0. The van der Waals surface area contributed by atoms with Crippen LogP contribution in [0.4, 0.5) is 0 Å². The Bertz CT molecular complexity index is 1570. The van der Waals surface area contributed by atoms with Crippen molar-refractivity contribution in [2.24, 2.45) is 0 Å². The second-order valence-electron chi connectivity index (χ2n) is 9.31. The number of fused-ring (bicyclic) bond motifs is 13. The fraction of sp³-hybridized carbons (Fsp3) is 0.243. The third kappa shape index (κ3) is 3.82. The van der Waals surface area contributed by atoms with Gasteiger partial charge in [0.15, 0.2) is 0 Å². The fourth-order valence-corrected chi connectivity index (χ4v) is 6.23. The van der Waals surface area contributed by atoms with E-state index in [1.54, 1.807) is 0 Å². The Morgan fingerprint density at radius 2 is 0.541 bits per heavy atom. The first kappa shape index (κ1) is 26.4. The maximum Gasteiger partial charge on any atom is 0.0171 e. The molecule has 0 unspecified atom stereocenters. The van der Waals surface area contributed by atoms with E-state index in [1.807, 2.05) is 41.5 Å². The molecule has 6 aromatic rings. The lowest BCUT2D eigenvalue weighted by Crippen LogP contribution is -2.16. The lowest BCUT2D eigenvalue weighted by Gasteiger charge is -2.25. The van der Waals surface area contributed by atoms with E-state index in [4.69, 9.17) is 0 Å². The van der Waals surface area contributed by atoms with Gasteiger partial charge >= 0.3 is 0 Å². The lowest BCUT2D eigenvalue weighted by molar-refractivity contribution is 0.673. The molecule has 1 aliphatic rings. The average Bonchev–Trinajstić information content (AvgIpc) is 3.24. The maximum atomic E-state index is 2.42. The second kappa shape index (κ2) is 10.8. The quantitative estimate of drug-likeness (QED) is 0.188. The van der Waals surface area contributed by atoms with Gasteiger partial charge in [0.05, 0.1) is 0 Å². The highest BCUT2D eigenvalue weighted by molar-refractivity contribution is 6.25. The fourth-order valence-electron chi connectivity index (χ4n) is 6.23. The summed E-state index contributed by atoms with van der Waals surface area (Å²) in [5, 5.41) is 10.9. The molecule has 0 amide bonds. The highest BCUT2D eigenvalue weighted by Crippen LogP contribution is 2.58. The Labute approximate surface area is 223 Å². The molecule has 0 radical (unpaired) electrons. The Hall–Kier alpha value is -3.64. The molecular weight excluding hydrogens is 444 g/mol. The van der Waals surface area contributed by atoms with Crippen molar-refractivity contribution in [1.82, 2.24) is 0 Å². The number of hydrogen-bond donors (Lipinski definition) is 0. The van der Waals surface area contributed by atoms with Gasteiger partial charge < -0.3 is 0 Å². The van der Waals surface area contributed by atoms with Crippen LogP contribution in [0, 0.1) is 0 Å². The predicted molar refractivity (Wildman–Crippen MR) is 168 cm³/mol. The minimum Gasteiger partial charge on any atom is -0.0683 e. The van der Waals surface area contributed by atoms with Crippen molar-refractivity contribution in [2.75, 3.05) is 0 Å². The molecule has 37 heavy (non-hydrogen) atoms. The van der Waals surface area contributed by atoms with E-state index >= 15 is 0 Å². The Morgan fingerprint density at radius 3 is 0.838 bits per heavy atom. The largest absolute Gasteiger partial charge is 0.0683 e. The molecule has 0 bridgehead atoms. The van der Waals surface area contributed by atoms with Crippen LogP contribution < -0.4 is 0 Å². The third-order valence-corrected chi connectivity index (χ3v) is 7.37. The van der Waals surface area contributed by atoms with Gasteiger partial charge in [-0.1, -0.05) is 152 Å². The van der Waals surface area contributed by atoms with Gasteiger partial charge in [0.1, 0.15) is 0 Å². The van der Waals surface area contributed by atoms with Crippen molar-refractivity contribution >= 4 is 43.1 Å². The standard InChI is InChI=1S/C31H22.3C2H6/c1-31(2)29-25-17-9-5-13-21(25)19-11-3-7-15-23(19)27(29)28-24-16-8-4-12-20(24)22-14-6-10-18-26(22)30(28)31;3*1-2/h3-18H,1-2H3;3*1-2H3. The minimum absolute atomic E-state index is 0.0854. The average molecular weight is 485 g/mol. The molecule has 0 aromatic heterocycles. The monoisotopic (exact) mass is 484 g/mol. The van der Waals surface area contributed by atoms with E-state index in [0.717, 1.165) is 0 Å². The Balaban J connectivity index is 0.000000500. The number of hydrogen-bond acceptors (Lipinski definition) is 0. The minimum atomic E-state index is -0.0854. The summed E-state index contributed by atoms with van der Waals surface area (Å²) >= 11 is 0. The predicted octanol–water partition coefficient (Wildman–Crippen LogP) is 11.7. The summed E-state index contributed by atoms with van der Waals surface area (Å²) in [5.41, 5.74) is 5.71. The number of benzene rings is 6. The van der Waals surface area contributed by atoms with E-state index in [9.17, 15) is 0 Å². The Morgan fingerprint density at radius 1 is 0.324 bits per heavy atom. The third-order valence-electron chi connectivity index (χ3n) is 7.37. The molecule has 1 aliphatic carbocycles. The van der Waals surface area contributed by atoms with Gasteiger partial charge in [0.2, 0.25) is 0 Å². The van der Waals surface area contributed by atoms with E-state index in [2.05, 4.69) is 111 Å². The zero-order chi connectivity index (χ0) is 26.7. The number of rotatable bonds is 0. The summed E-state index contributed by atoms with van der Waals surface area (Å²) in [6.07, 6.45) is 0. The summed E-state index contributed by atoms with van der Waals surface area (Å²) in [6, 6.07) is 35.8. The van der Waals surface area contributed by atoms with Gasteiger partial charge in [0, 0.05) is 5.41 Å². The van der Waals surface area contributed by atoms with Crippen LogP contribution in [0.5, 0.6) is 0 Å². The topological polar surface area (TPSA) is 0 Å². The van der Waals surface area contributed by atoms with Gasteiger partial charge in [-0.3, -0.25) is 0 Å². The van der Waals surface area contributed by atoms with E-state index in [1.165, 1.54) is 65.3 Å². The molecule has 6 aromatic carbocycles. The highest BCUT2D eigenvalue weighted by Gasteiger charge is 2.40. The first-order valence-corrected chi connectivity index (χ1v) is 14.1. The molecule has 0 aliphatic heterocycles. The van der Waals surface area contributed by atoms with Crippen molar-refractivity contribution in [3.63, 3.8) is 0 Å². The molecule has 0 saturated heterocycles. The zero-order valence-corrected chi connectivity index (χ0v) is 23.7. The zero-order valence-electron chi connectivity index (χ0n) is 23.7. The summed E-state index contributed by atoms with van der Waals surface area (Å²) in [4.78, 5) is 0. The molecule has 0 spiro atoms. The molecular formula is C37H40. The maximum absolute atomic E-state index is 2.42. The summed E-state index contributed by atoms with van der Waals surface area (Å²) in [5.74, 6) is 0. The molecule has 188 valence electrons. The van der Waals surface area contributed by atoms with Gasteiger partial charge in [-0.25, -0.2) is 0 Å². The molecule has 0 atom stereocenters. The normalized spacial score (nSPS) is 12.5. The van der Waals surface area contributed by atoms with Gasteiger partial charge in [0.25, 0.3) is 0 Å². The molecule has 7 rings (SSSR count). The van der Waals surface area contributed by atoms with Crippen LogP contribution in [0.2, 0.25) is 0 Å². The highest BCUT2D eigenvalue weighted by atomic mass is 14.4. The lowest BCUT2D eigenvalue weighted by atomic mass is 9.77. The molecule has 0 fully saturated rings. The van der Waals surface area contributed by atoms with E-state index in [0.29, 0.717) is 0 Å². The van der Waals surface area contributed by atoms with Crippen LogP contribution in [-0.2, 0) is 5.41 Å². The molecule has 0 N–H and O–H groups in total. The van der Waals surface area contributed by atoms with Gasteiger partial charge in [-0.15, -0.1) is 0 Å². The first-order chi connectivity index (χ1) is 18.2. The smallest absolute Gasteiger partial charge is 0.0171 e.